The summed E-state index contributed by atoms with van der Waals surface area (Å²) in [5.41, 5.74) is -0.782. The van der Waals surface area contributed by atoms with Crippen molar-refractivity contribution in [1.29, 1.82) is 0 Å². The highest BCUT2D eigenvalue weighted by Crippen LogP contribution is 2.31. The number of benzene rings is 1. The lowest BCUT2D eigenvalue weighted by Gasteiger charge is -2.22. The van der Waals surface area contributed by atoms with E-state index < -0.39 is 29.8 Å². The first-order chi connectivity index (χ1) is 9.20. The Labute approximate surface area is 115 Å². The molecule has 1 atom stereocenters. The molecule has 0 spiro atoms. The predicted octanol–water partition coefficient (Wildman–Crippen LogP) is 4.76. The van der Waals surface area contributed by atoms with Crippen LogP contribution in [0.25, 0.3) is 0 Å². The zero-order chi connectivity index (χ0) is 15.3. The van der Waals surface area contributed by atoms with Gasteiger partial charge in [-0.15, -0.1) is 0 Å². The molecule has 0 saturated heterocycles. The van der Waals surface area contributed by atoms with Gasteiger partial charge in [0.1, 0.15) is 5.60 Å². The van der Waals surface area contributed by atoms with Crippen LogP contribution >= 0.6 is 0 Å². The van der Waals surface area contributed by atoms with Crippen LogP contribution in [0.15, 0.2) is 42.2 Å². The lowest BCUT2D eigenvalue weighted by molar-refractivity contribution is -0.0254. The van der Waals surface area contributed by atoms with E-state index in [9.17, 15) is 18.0 Å². The van der Waals surface area contributed by atoms with E-state index in [0.717, 1.165) is 0 Å². The van der Waals surface area contributed by atoms with Gasteiger partial charge < -0.3 is 9.47 Å². The van der Waals surface area contributed by atoms with Crippen LogP contribution in [0.2, 0.25) is 0 Å². The van der Waals surface area contributed by atoms with Crippen LogP contribution in [0.1, 0.15) is 32.4 Å². The summed E-state index contributed by atoms with van der Waals surface area (Å²) >= 11 is 0. The van der Waals surface area contributed by atoms with E-state index in [2.05, 4.69) is 4.74 Å². The third kappa shape index (κ3) is 4.95. The molecule has 1 unspecified atom stereocenters. The van der Waals surface area contributed by atoms with Crippen LogP contribution in [-0.2, 0) is 9.47 Å². The molecule has 0 amide bonds. The molecule has 3 nitrogen and oxygen atoms in total. The minimum absolute atomic E-state index is 0.0867. The van der Waals surface area contributed by atoms with Gasteiger partial charge in [0, 0.05) is 0 Å². The third-order valence-corrected chi connectivity index (χ3v) is 2.12. The zero-order valence-electron chi connectivity index (χ0n) is 11.3. The Morgan fingerprint density at radius 1 is 1.10 bits per heavy atom. The van der Waals surface area contributed by atoms with Crippen molar-refractivity contribution in [3.05, 3.63) is 47.8 Å². The Morgan fingerprint density at radius 3 is 2.10 bits per heavy atom. The molecule has 1 rings (SSSR count). The van der Waals surface area contributed by atoms with E-state index in [0.29, 0.717) is 0 Å². The molecule has 110 valence electrons. The smallest absolute Gasteiger partial charge is 0.429 e. The van der Waals surface area contributed by atoms with E-state index >= 15 is 0 Å². The molecule has 1 aromatic rings. The summed E-state index contributed by atoms with van der Waals surface area (Å²) < 4.78 is 47.8. The molecule has 0 radical (unpaired) electrons. The first-order valence-corrected chi connectivity index (χ1v) is 5.86. The molecule has 6 heteroatoms. The van der Waals surface area contributed by atoms with Crippen molar-refractivity contribution >= 4 is 6.16 Å². The van der Waals surface area contributed by atoms with Crippen molar-refractivity contribution < 1.29 is 27.4 Å². The number of hydrogen-bond acceptors (Lipinski definition) is 3. The third-order valence-electron chi connectivity index (χ3n) is 2.12. The highest BCUT2D eigenvalue weighted by molar-refractivity contribution is 5.61. The van der Waals surface area contributed by atoms with Gasteiger partial charge in [0.05, 0.1) is 0 Å². The molecular weight excluding hydrogens is 273 g/mol. The molecular formula is C14H15F3O3. The van der Waals surface area contributed by atoms with Crippen LogP contribution in [0.5, 0.6) is 0 Å². The fraction of sp³-hybridized carbons (Fsp3) is 0.357. The van der Waals surface area contributed by atoms with Crippen LogP contribution in [-0.4, -0.2) is 11.8 Å². The topological polar surface area (TPSA) is 35.5 Å². The van der Waals surface area contributed by atoms with Crippen molar-refractivity contribution in [3.63, 3.8) is 0 Å². The highest BCUT2D eigenvalue weighted by Gasteiger charge is 2.28. The molecule has 0 fully saturated rings. The van der Waals surface area contributed by atoms with Crippen molar-refractivity contribution in [2.75, 3.05) is 0 Å². The molecule has 0 aromatic heterocycles. The second-order valence-electron chi connectivity index (χ2n) is 4.98. The summed E-state index contributed by atoms with van der Waals surface area (Å²) in [6, 6.07) is 7.41. The average Bonchev–Trinajstić information content (AvgIpc) is 2.34. The maximum absolute atomic E-state index is 13.5. The van der Waals surface area contributed by atoms with Gasteiger partial charge in [-0.2, -0.15) is 8.78 Å². The summed E-state index contributed by atoms with van der Waals surface area (Å²) in [4.78, 5) is 11.5. The minimum atomic E-state index is -2.54. The van der Waals surface area contributed by atoms with Gasteiger partial charge in [0.2, 0.25) is 5.83 Å². The fourth-order valence-corrected chi connectivity index (χ4v) is 1.36. The molecule has 0 aliphatic carbocycles. The van der Waals surface area contributed by atoms with Crippen LogP contribution in [0.4, 0.5) is 18.0 Å². The number of carbonyl (C=O) groups is 1. The van der Waals surface area contributed by atoms with E-state index in [1.54, 1.807) is 26.8 Å². The molecule has 0 aliphatic rings. The minimum Gasteiger partial charge on any atom is -0.429 e. The van der Waals surface area contributed by atoms with Crippen LogP contribution in [0.3, 0.4) is 0 Å². The van der Waals surface area contributed by atoms with Crippen LogP contribution < -0.4 is 0 Å². The second kappa shape index (κ2) is 6.45. The van der Waals surface area contributed by atoms with Gasteiger partial charge in [-0.3, -0.25) is 0 Å². The first kappa shape index (κ1) is 16.1. The van der Waals surface area contributed by atoms with Gasteiger partial charge >= 0.3 is 12.2 Å². The van der Waals surface area contributed by atoms with Crippen molar-refractivity contribution in [3.8, 4) is 0 Å². The molecule has 1 aromatic carbocycles. The predicted molar refractivity (Wildman–Crippen MR) is 66.9 cm³/mol. The lowest BCUT2D eigenvalue weighted by atomic mass is 10.1. The van der Waals surface area contributed by atoms with Crippen molar-refractivity contribution in [2.24, 2.45) is 0 Å². The molecule has 0 heterocycles. The number of rotatable bonds is 3. The normalized spacial score (nSPS) is 12.5. The Balaban J connectivity index is 2.97. The van der Waals surface area contributed by atoms with Crippen molar-refractivity contribution in [1.82, 2.24) is 0 Å². The maximum atomic E-state index is 13.5. The Bertz CT molecular complexity index is 488. The summed E-state index contributed by atoms with van der Waals surface area (Å²) in [6.45, 7) is 4.73. The standard InChI is InChI=1S/C14H15F3O3/c1-14(2,3)20-13(18)19-11(10(15)12(16)17)9-7-5-4-6-8-9/h4-8,11H,1-3H3. The molecule has 20 heavy (non-hydrogen) atoms. The molecule has 0 bridgehead atoms. The van der Waals surface area contributed by atoms with E-state index in [1.807, 2.05) is 0 Å². The maximum Gasteiger partial charge on any atom is 0.509 e. The SMILES string of the molecule is CC(C)(C)OC(=O)OC(C(F)=C(F)F)c1ccccc1. The molecule has 0 aliphatic heterocycles. The van der Waals surface area contributed by atoms with Gasteiger partial charge in [-0.05, 0) is 26.3 Å². The van der Waals surface area contributed by atoms with Gasteiger partial charge in [-0.1, -0.05) is 30.3 Å². The lowest BCUT2D eigenvalue weighted by Crippen LogP contribution is -2.25. The quantitative estimate of drug-likeness (QED) is 0.752. The first-order valence-electron chi connectivity index (χ1n) is 5.86. The second-order valence-corrected chi connectivity index (χ2v) is 4.98. The van der Waals surface area contributed by atoms with E-state index in [-0.39, 0.29) is 5.56 Å². The number of hydrogen-bond donors (Lipinski definition) is 0. The summed E-state index contributed by atoms with van der Waals surface area (Å²) in [5, 5.41) is 0. The van der Waals surface area contributed by atoms with Gasteiger partial charge in [-0.25, -0.2) is 9.18 Å². The van der Waals surface area contributed by atoms with Crippen molar-refractivity contribution in [2.45, 2.75) is 32.5 Å². The fourth-order valence-electron chi connectivity index (χ4n) is 1.36. The monoisotopic (exact) mass is 288 g/mol. The zero-order valence-corrected chi connectivity index (χ0v) is 11.3. The Kier molecular flexibility index (Phi) is 5.19. The Morgan fingerprint density at radius 2 is 1.65 bits per heavy atom. The van der Waals surface area contributed by atoms with Gasteiger partial charge in [0.15, 0.2) is 6.10 Å². The largest absolute Gasteiger partial charge is 0.509 e. The highest BCUT2D eigenvalue weighted by atomic mass is 19.3. The Hall–Kier alpha value is -1.98. The van der Waals surface area contributed by atoms with Crippen LogP contribution in [0, 0.1) is 0 Å². The number of halogens is 3. The number of ether oxygens (including phenoxy) is 2. The number of carbonyl (C=O) groups excluding carboxylic acids is 1. The summed E-state index contributed by atoms with van der Waals surface area (Å²) in [6.07, 6.45) is -5.58. The van der Waals surface area contributed by atoms with E-state index in [1.165, 1.54) is 24.3 Å². The summed E-state index contributed by atoms with van der Waals surface area (Å²) in [7, 11) is 0. The molecule has 0 N–H and O–H groups in total. The van der Waals surface area contributed by atoms with E-state index in [4.69, 9.17) is 4.74 Å². The summed E-state index contributed by atoms with van der Waals surface area (Å²) in [5.74, 6) is -1.82. The van der Waals surface area contributed by atoms with Gasteiger partial charge in [0.25, 0.3) is 0 Å². The molecule has 0 saturated carbocycles. The average molecular weight is 288 g/mol.